The molecule has 0 aromatic carbocycles. The van der Waals surface area contributed by atoms with Crippen molar-refractivity contribution in [2.75, 3.05) is 24.7 Å². The summed E-state index contributed by atoms with van der Waals surface area (Å²) in [6.45, 7) is -0.455. The van der Waals surface area contributed by atoms with E-state index >= 15 is 0 Å². The van der Waals surface area contributed by atoms with E-state index in [9.17, 15) is 18.6 Å². The minimum absolute atomic E-state index is 0.0476. The molecule has 1 aliphatic rings. The molecule has 0 bridgehead atoms. The lowest BCUT2D eigenvalue weighted by Crippen LogP contribution is -2.40. The van der Waals surface area contributed by atoms with E-state index in [-0.39, 0.29) is 30.6 Å². The van der Waals surface area contributed by atoms with E-state index in [0.29, 0.717) is 12.8 Å². The minimum atomic E-state index is -3.02. The van der Waals surface area contributed by atoms with E-state index in [2.05, 4.69) is 0 Å². The molecule has 1 saturated heterocycles. The highest BCUT2D eigenvalue weighted by Crippen LogP contribution is 2.38. The van der Waals surface area contributed by atoms with E-state index in [1.54, 1.807) is 12.3 Å². The second-order valence-corrected chi connectivity index (χ2v) is 7.32. The average molecular weight is 274 g/mol. The summed E-state index contributed by atoms with van der Waals surface area (Å²) in [5, 5.41) is 19.2. The van der Waals surface area contributed by atoms with Gasteiger partial charge in [-0.1, -0.05) is 0 Å². The molecule has 1 atom stereocenters. The van der Waals surface area contributed by atoms with Crippen molar-refractivity contribution in [2.24, 2.45) is 11.3 Å². The fourth-order valence-corrected chi connectivity index (χ4v) is 4.59. The molecule has 2 N–H and O–H groups in total. The first-order valence-corrected chi connectivity index (χ1v) is 7.77. The van der Waals surface area contributed by atoms with E-state index in [1.165, 1.54) is 6.26 Å². The Balaban J connectivity index is 2.21. The third kappa shape index (κ3) is 2.60. The normalized spacial score (nSPS) is 23.3. The highest BCUT2D eigenvalue weighted by Gasteiger charge is 2.44. The van der Waals surface area contributed by atoms with Crippen LogP contribution in [0.3, 0.4) is 0 Å². The predicted molar refractivity (Wildman–Crippen MR) is 65.8 cm³/mol. The number of hydrogen-bond acceptors (Lipinski definition) is 5. The van der Waals surface area contributed by atoms with Crippen LogP contribution in [0.2, 0.25) is 0 Å². The maximum atomic E-state index is 11.5. The van der Waals surface area contributed by atoms with Crippen LogP contribution in [-0.4, -0.2) is 43.4 Å². The Morgan fingerprint density at radius 2 is 2.11 bits per heavy atom. The van der Waals surface area contributed by atoms with Gasteiger partial charge >= 0.3 is 0 Å². The molecule has 1 aliphatic heterocycles. The summed E-state index contributed by atoms with van der Waals surface area (Å²) in [6.07, 6.45) is 4.02. The first-order valence-electron chi connectivity index (χ1n) is 5.94. The fourth-order valence-electron chi connectivity index (χ4n) is 2.64. The van der Waals surface area contributed by atoms with Gasteiger partial charge in [-0.3, -0.25) is 0 Å². The molecule has 1 aromatic rings. The lowest BCUT2D eigenvalue weighted by atomic mass is 9.72. The zero-order chi connectivity index (χ0) is 13.2. The van der Waals surface area contributed by atoms with Crippen LogP contribution >= 0.6 is 0 Å². The van der Waals surface area contributed by atoms with E-state index < -0.39 is 15.3 Å². The average Bonchev–Trinajstić information content (AvgIpc) is 2.95. The van der Waals surface area contributed by atoms with E-state index in [1.807, 2.05) is 0 Å². The summed E-state index contributed by atoms with van der Waals surface area (Å²) in [5.74, 6) is -0.0102. The van der Waals surface area contributed by atoms with Gasteiger partial charge in [-0.05, 0) is 30.4 Å². The van der Waals surface area contributed by atoms with Gasteiger partial charge in [0.1, 0.15) is 0 Å². The van der Waals surface area contributed by atoms with Gasteiger partial charge in [0, 0.05) is 5.41 Å². The Labute approximate surface area is 106 Å². The number of sulfone groups is 1. The van der Waals surface area contributed by atoms with Crippen LogP contribution in [0.15, 0.2) is 23.0 Å². The third-order valence-electron chi connectivity index (χ3n) is 3.86. The summed E-state index contributed by atoms with van der Waals surface area (Å²) in [6, 6.07) is 1.77. The van der Waals surface area contributed by atoms with Gasteiger partial charge in [0.25, 0.3) is 0 Å². The Kier molecular flexibility index (Phi) is 3.79. The lowest BCUT2D eigenvalue weighted by molar-refractivity contribution is 0.0123. The first kappa shape index (κ1) is 13.6. The Hall–Kier alpha value is -0.850. The lowest BCUT2D eigenvalue weighted by Gasteiger charge is -2.35. The maximum absolute atomic E-state index is 11.5. The molecule has 0 saturated carbocycles. The molecule has 102 valence electrons. The van der Waals surface area contributed by atoms with Crippen molar-refractivity contribution in [1.82, 2.24) is 0 Å². The SMILES string of the molecule is O=S1(=O)CCC(C(CO)(CO)Cc2ccoc2)C1. The number of rotatable bonds is 5. The Morgan fingerprint density at radius 3 is 2.56 bits per heavy atom. The van der Waals surface area contributed by atoms with Gasteiger partial charge in [-0.15, -0.1) is 0 Å². The topological polar surface area (TPSA) is 87.7 Å². The largest absolute Gasteiger partial charge is 0.472 e. The van der Waals surface area contributed by atoms with Crippen LogP contribution in [0.4, 0.5) is 0 Å². The second-order valence-electron chi connectivity index (χ2n) is 5.09. The van der Waals surface area contributed by atoms with Crippen LogP contribution in [0.1, 0.15) is 12.0 Å². The van der Waals surface area contributed by atoms with Crippen molar-refractivity contribution in [3.63, 3.8) is 0 Å². The Bertz CT molecular complexity index is 473. The molecule has 0 aliphatic carbocycles. The van der Waals surface area contributed by atoms with Crippen molar-refractivity contribution in [2.45, 2.75) is 12.8 Å². The van der Waals surface area contributed by atoms with Crippen molar-refractivity contribution in [3.8, 4) is 0 Å². The number of furan rings is 1. The smallest absolute Gasteiger partial charge is 0.150 e. The number of aliphatic hydroxyl groups excluding tert-OH is 2. The van der Waals surface area contributed by atoms with Gasteiger partial charge in [-0.2, -0.15) is 0 Å². The minimum Gasteiger partial charge on any atom is -0.472 e. The molecule has 18 heavy (non-hydrogen) atoms. The van der Waals surface area contributed by atoms with E-state index in [0.717, 1.165) is 5.56 Å². The molecule has 1 unspecified atom stereocenters. The van der Waals surface area contributed by atoms with E-state index in [4.69, 9.17) is 4.42 Å². The molecule has 0 amide bonds. The van der Waals surface area contributed by atoms with Gasteiger partial charge < -0.3 is 14.6 Å². The number of hydrogen-bond donors (Lipinski definition) is 2. The van der Waals surface area contributed by atoms with Gasteiger partial charge in [0.05, 0.1) is 37.2 Å². The van der Waals surface area contributed by atoms with Crippen molar-refractivity contribution in [3.05, 3.63) is 24.2 Å². The van der Waals surface area contributed by atoms with Crippen LogP contribution in [0.25, 0.3) is 0 Å². The Morgan fingerprint density at radius 1 is 1.39 bits per heavy atom. The summed E-state index contributed by atoms with van der Waals surface area (Å²) < 4.78 is 28.1. The third-order valence-corrected chi connectivity index (χ3v) is 5.63. The molecule has 6 heteroatoms. The molecule has 0 spiro atoms. The molecule has 0 radical (unpaired) electrons. The highest BCUT2D eigenvalue weighted by molar-refractivity contribution is 7.91. The molecular formula is C12H18O5S. The summed E-state index contributed by atoms with van der Waals surface area (Å²) in [4.78, 5) is 0. The van der Waals surface area contributed by atoms with Crippen LogP contribution < -0.4 is 0 Å². The van der Waals surface area contributed by atoms with Gasteiger partial charge in [0.2, 0.25) is 0 Å². The number of aliphatic hydroxyl groups is 2. The van der Waals surface area contributed by atoms with Crippen molar-refractivity contribution in [1.29, 1.82) is 0 Å². The molecule has 1 fully saturated rings. The molecule has 1 aromatic heterocycles. The second kappa shape index (κ2) is 5.03. The summed E-state index contributed by atoms with van der Waals surface area (Å²) in [7, 11) is -3.02. The summed E-state index contributed by atoms with van der Waals surface area (Å²) in [5.41, 5.74) is 0.0790. The van der Waals surface area contributed by atoms with Crippen molar-refractivity contribution < 1.29 is 23.0 Å². The predicted octanol–water partition coefficient (Wildman–Crippen LogP) is 0.228. The molecule has 2 rings (SSSR count). The highest BCUT2D eigenvalue weighted by atomic mass is 32.2. The van der Waals surface area contributed by atoms with Gasteiger partial charge in [-0.25, -0.2) is 8.42 Å². The standard InChI is InChI=1S/C12H18O5S/c13-8-12(9-14,5-10-1-3-17-6-10)11-2-4-18(15,16)7-11/h1,3,6,11,13-14H,2,4-5,7-9H2. The van der Waals surface area contributed by atoms with Crippen LogP contribution in [0.5, 0.6) is 0 Å². The molecular weight excluding hydrogens is 256 g/mol. The molecule has 2 heterocycles. The van der Waals surface area contributed by atoms with Crippen molar-refractivity contribution >= 4 is 9.84 Å². The maximum Gasteiger partial charge on any atom is 0.150 e. The zero-order valence-corrected chi connectivity index (χ0v) is 10.9. The quantitative estimate of drug-likeness (QED) is 0.802. The zero-order valence-electron chi connectivity index (χ0n) is 10.1. The van der Waals surface area contributed by atoms with Crippen LogP contribution in [0, 0.1) is 11.3 Å². The van der Waals surface area contributed by atoms with Crippen LogP contribution in [-0.2, 0) is 16.3 Å². The van der Waals surface area contributed by atoms with Gasteiger partial charge in [0.15, 0.2) is 9.84 Å². The fraction of sp³-hybridized carbons (Fsp3) is 0.667. The first-order chi connectivity index (χ1) is 8.51. The monoisotopic (exact) mass is 274 g/mol. The summed E-state index contributed by atoms with van der Waals surface area (Å²) >= 11 is 0. The molecule has 5 nitrogen and oxygen atoms in total.